The summed E-state index contributed by atoms with van der Waals surface area (Å²) in [4.78, 5) is 11.8. The molecule has 0 saturated heterocycles. The van der Waals surface area contributed by atoms with E-state index in [0.29, 0.717) is 0 Å². The number of aromatic nitrogens is 2. The fourth-order valence-corrected chi connectivity index (χ4v) is 2.85. The zero-order valence-corrected chi connectivity index (χ0v) is 14.6. The number of rotatable bonds is 5. The zero-order valence-electron chi connectivity index (χ0n) is 14.6. The molecule has 1 heterocycles. The molecule has 1 aliphatic carbocycles. The molecule has 1 saturated carbocycles. The molecule has 0 radical (unpaired) electrons. The minimum atomic E-state index is -0.00573. The highest BCUT2D eigenvalue weighted by Crippen LogP contribution is 2.28. The molecule has 0 spiro atoms. The lowest BCUT2D eigenvalue weighted by molar-refractivity contribution is -0.122. The summed E-state index contributed by atoms with van der Waals surface area (Å²) < 4.78 is 1.86. The van der Waals surface area contributed by atoms with E-state index in [1.54, 1.807) is 6.21 Å². The average molecular weight is 344 g/mol. The molecule has 1 N–H and O–H groups in total. The number of hydrazone groups is 1. The van der Waals surface area contributed by atoms with E-state index in [1.807, 2.05) is 59.4 Å². The van der Waals surface area contributed by atoms with Crippen molar-refractivity contribution in [3.05, 3.63) is 71.9 Å². The standard InChI is InChI=1S/C21H20N4O/c1-15-7-5-6-10-19(15)25-14-18(13-22-23-21(26)17-11-12-17)20(24-25)16-8-3-2-4-9-16/h2-10,13-14,17H,11-12H2,1H3,(H,23,26)/b22-13-. The van der Waals surface area contributed by atoms with Crippen molar-refractivity contribution in [2.45, 2.75) is 19.8 Å². The number of para-hydroxylation sites is 1. The van der Waals surface area contributed by atoms with Crippen LogP contribution in [-0.4, -0.2) is 21.9 Å². The van der Waals surface area contributed by atoms with Crippen LogP contribution in [0.3, 0.4) is 0 Å². The lowest BCUT2D eigenvalue weighted by Gasteiger charge is -2.04. The molecule has 5 heteroatoms. The minimum absolute atomic E-state index is 0.00573. The molecule has 2 aromatic carbocycles. The second kappa shape index (κ2) is 6.96. The fourth-order valence-electron chi connectivity index (χ4n) is 2.85. The van der Waals surface area contributed by atoms with Crippen LogP contribution in [0.2, 0.25) is 0 Å². The molecule has 1 aliphatic rings. The summed E-state index contributed by atoms with van der Waals surface area (Å²) in [7, 11) is 0. The van der Waals surface area contributed by atoms with Crippen molar-refractivity contribution >= 4 is 12.1 Å². The third kappa shape index (κ3) is 3.42. The van der Waals surface area contributed by atoms with Gasteiger partial charge < -0.3 is 0 Å². The number of carbonyl (C=O) groups is 1. The van der Waals surface area contributed by atoms with Crippen LogP contribution >= 0.6 is 0 Å². The first-order valence-electron chi connectivity index (χ1n) is 8.76. The first kappa shape index (κ1) is 16.3. The van der Waals surface area contributed by atoms with Gasteiger partial charge in [-0.1, -0.05) is 48.5 Å². The Morgan fingerprint density at radius 1 is 1.15 bits per heavy atom. The number of benzene rings is 2. The normalized spacial score (nSPS) is 13.9. The molecule has 0 unspecified atom stereocenters. The van der Waals surface area contributed by atoms with Crippen molar-refractivity contribution in [1.29, 1.82) is 0 Å². The van der Waals surface area contributed by atoms with E-state index >= 15 is 0 Å². The number of hydrogen-bond donors (Lipinski definition) is 1. The Labute approximate surface area is 152 Å². The summed E-state index contributed by atoms with van der Waals surface area (Å²) in [5.41, 5.74) is 7.48. The van der Waals surface area contributed by atoms with Gasteiger partial charge in [0.05, 0.1) is 11.9 Å². The smallest absolute Gasteiger partial charge is 0.243 e. The molecule has 4 rings (SSSR count). The van der Waals surface area contributed by atoms with Gasteiger partial charge in [0.25, 0.3) is 0 Å². The highest BCUT2D eigenvalue weighted by Gasteiger charge is 2.29. The SMILES string of the molecule is Cc1ccccc1-n1cc(/C=N\NC(=O)C2CC2)c(-c2ccccc2)n1. The third-order valence-corrected chi connectivity index (χ3v) is 4.48. The zero-order chi connectivity index (χ0) is 17.9. The van der Waals surface area contributed by atoms with Gasteiger partial charge in [-0.05, 0) is 31.4 Å². The van der Waals surface area contributed by atoms with Gasteiger partial charge in [-0.2, -0.15) is 10.2 Å². The first-order valence-corrected chi connectivity index (χ1v) is 8.76. The lowest BCUT2D eigenvalue weighted by atomic mass is 10.1. The highest BCUT2D eigenvalue weighted by atomic mass is 16.2. The van der Waals surface area contributed by atoms with Gasteiger partial charge in [0.2, 0.25) is 5.91 Å². The lowest BCUT2D eigenvalue weighted by Crippen LogP contribution is -2.18. The van der Waals surface area contributed by atoms with Crippen LogP contribution in [0.4, 0.5) is 0 Å². The monoisotopic (exact) mass is 344 g/mol. The van der Waals surface area contributed by atoms with Gasteiger partial charge in [-0.25, -0.2) is 10.1 Å². The Morgan fingerprint density at radius 2 is 1.88 bits per heavy atom. The Hall–Kier alpha value is -3.21. The van der Waals surface area contributed by atoms with Crippen molar-refractivity contribution < 1.29 is 4.79 Å². The average Bonchev–Trinajstić information content (AvgIpc) is 3.44. The second-order valence-corrected chi connectivity index (χ2v) is 6.54. The minimum Gasteiger partial charge on any atom is -0.273 e. The Balaban J connectivity index is 1.69. The van der Waals surface area contributed by atoms with Crippen LogP contribution in [0.5, 0.6) is 0 Å². The van der Waals surface area contributed by atoms with Crippen LogP contribution in [0, 0.1) is 12.8 Å². The van der Waals surface area contributed by atoms with Gasteiger partial charge in [0.15, 0.2) is 0 Å². The van der Waals surface area contributed by atoms with Crippen LogP contribution in [0.15, 0.2) is 65.9 Å². The summed E-state index contributed by atoms with van der Waals surface area (Å²) in [5.74, 6) is 0.129. The molecule has 0 bridgehead atoms. The largest absolute Gasteiger partial charge is 0.273 e. The molecule has 1 amide bonds. The fraction of sp³-hybridized carbons (Fsp3) is 0.190. The van der Waals surface area contributed by atoms with Crippen LogP contribution in [-0.2, 0) is 4.79 Å². The molecule has 5 nitrogen and oxygen atoms in total. The summed E-state index contributed by atoms with van der Waals surface area (Å²) >= 11 is 0. The molecule has 1 fully saturated rings. The summed E-state index contributed by atoms with van der Waals surface area (Å²) in [5, 5.41) is 8.91. The molecule has 1 aromatic heterocycles. The van der Waals surface area contributed by atoms with Crippen molar-refractivity contribution in [2.75, 3.05) is 0 Å². The van der Waals surface area contributed by atoms with Gasteiger partial charge in [0.1, 0.15) is 5.69 Å². The van der Waals surface area contributed by atoms with E-state index in [2.05, 4.69) is 23.5 Å². The first-order chi connectivity index (χ1) is 12.7. The van der Waals surface area contributed by atoms with E-state index in [1.165, 1.54) is 0 Å². The van der Waals surface area contributed by atoms with Crippen LogP contribution in [0.25, 0.3) is 16.9 Å². The molecule has 0 atom stereocenters. The molecule has 26 heavy (non-hydrogen) atoms. The Kier molecular flexibility index (Phi) is 4.35. The summed E-state index contributed by atoms with van der Waals surface area (Å²) in [6, 6.07) is 18.1. The van der Waals surface area contributed by atoms with Crippen molar-refractivity contribution in [3.8, 4) is 16.9 Å². The van der Waals surface area contributed by atoms with Crippen molar-refractivity contribution in [3.63, 3.8) is 0 Å². The number of carbonyl (C=O) groups excluding carboxylic acids is 1. The molecule has 0 aliphatic heterocycles. The number of nitrogens with one attached hydrogen (secondary N) is 1. The molecular weight excluding hydrogens is 324 g/mol. The molecular formula is C21H20N4O. The van der Waals surface area contributed by atoms with Gasteiger partial charge in [0, 0.05) is 23.2 Å². The maximum atomic E-state index is 11.8. The highest BCUT2D eigenvalue weighted by molar-refractivity contribution is 5.90. The third-order valence-electron chi connectivity index (χ3n) is 4.48. The number of nitrogens with zero attached hydrogens (tertiary/aromatic N) is 3. The van der Waals surface area contributed by atoms with Gasteiger partial charge in [-0.15, -0.1) is 0 Å². The summed E-state index contributed by atoms with van der Waals surface area (Å²) in [6.07, 6.45) is 5.53. The summed E-state index contributed by atoms with van der Waals surface area (Å²) in [6.45, 7) is 2.06. The Bertz CT molecular complexity index is 955. The molecule has 3 aromatic rings. The second-order valence-electron chi connectivity index (χ2n) is 6.54. The van der Waals surface area contributed by atoms with E-state index in [9.17, 15) is 4.79 Å². The van der Waals surface area contributed by atoms with Crippen LogP contribution in [0.1, 0.15) is 24.0 Å². The van der Waals surface area contributed by atoms with E-state index in [0.717, 1.165) is 40.9 Å². The number of amides is 1. The van der Waals surface area contributed by atoms with Crippen molar-refractivity contribution in [1.82, 2.24) is 15.2 Å². The quantitative estimate of drug-likeness (QED) is 0.567. The van der Waals surface area contributed by atoms with Gasteiger partial charge in [-0.3, -0.25) is 4.79 Å². The van der Waals surface area contributed by atoms with Crippen LogP contribution < -0.4 is 5.43 Å². The number of hydrogen-bond acceptors (Lipinski definition) is 3. The van der Waals surface area contributed by atoms with Crippen molar-refractivity contribution in [2.24, 2.45) is 11.0 Å². The maximum Gasteiger partial charge on any atom is 0.243 e. The Morgan fingerprint density at radius 3 is 2.62 bits per heavy atom. The van der Waals surface area contributed by atoms with E-state index in [-0.39, 0.29) is 11.8 Å². The topological polar surface area (TPSA) is 59.3 Å². The van der Waals surface area contributed by atoms with E-state index < -0.39 is 0 Å². The predicted octanol–water partition coefficient (Wildman–Crippen LogP) is 3.71. The number of aryl methyl sites for hydroxylation is 1. The maximum absolute atomic E-state index is 11.8. The molecule has 130 valence electrons. The van der Waals surface area contributed by atoms with Gasteiger partial charge >= 0.3 is 0 Å². The predicted molar refractivity (Wildman–Crippen MR) is 102 cm³/mol. The van der Waals surface area contributed by atoms with E-state index in [4.69, 9.17) is 5.10 Å².